The number of hydrogen-bond donors (Lipinski definition) is 1. The molecule has 5 heteroatoms. The average molecular weight is 344 g/mol. The second-order valence-electron chi connectivity index (χ2n) is 5.90. The maximum atomic E-state index is 12.9. The van der Waals surface area contributed by atoms with Crippen LogP contribution in [0.25, 0.3) is 0 Å². The molecule has 24 heavy (non-hydrogen) atoms. The highest BCUT2D eigenvalue weighted by atomic mass is 35.5. The van der Waals surface area contributed by atoms with Crippen LogP contribution in [0.15, 0.2) is 48.5 Å². The van der Waals surface area contributed by atoms with Crippen molar-refractivity contribution in [1.82, 2.24) is 4.90 Å². The zero-order valence-corrected chi connectivity index (χ0v) is 14.0. The molecule has 1 N–H and O–H groups in total. The Balaban J connectivity index is 2.22. The van der Waals surface area contributed by atoms with Crippen molar-refractivity contribution in [2.24, 2.45) is 0 Å². The third kappa shape index (κ3) is 2.78. The van der Waals surface area contributed by atoms with Crippen LogP contribution in [0.5, 0.6) is 0 Å². The number of aliphatic carboxylic acids is 1. The molecule has 2 atom stereocenters. The Hall–Kier alpha value is -2.33. The molecule has 1 heterocycles. The number of carbonyl (C=O) groups is 2. The molecule has 0 unspecified atom stereocenters. The smallest absolute Gasteiger partial charge is 0.313 e. The van der Waals surface area contributed by atoms with E-state index < -0.39 is 17.9 Å². The number of carboxylic acid groups (broad SMARTS) is 1. The van der Waals surface area contributed by atoms with Gasteiger partial charge in [0, 0.05) is 17.1 Å². The van der Waals surface area contributed by atoms with Gasteiger partial charge in [0.25, 0.3) is 5.91 Å². The lowest BCUT2D eigenvalue weighted by atomic mass is 9.79. The number of rotatable bonds is 4. The van der Waals surface area contributed by atoms with Gasteiger partial charge in [0.2, 0.25) is 0 Å². The van der Waals surface area contributed by atoms with Gasteiger partial charge in [-0.3, -0.25) is 9.59 Å². The van der Waals surface area contributed by atoms with Crippen LogP contribution in [-0.2, 0) is 4.79 Å². The summed E-state index contributed by atoms with van der Waals surface area (Å²) in [6.45, 7) is 2.47. The van der Waals surface area contributed by atoms with Crippen LogP contribution >= 0.6 is 11.6 Å². The van der Waals surface area contributed by atoms with Crippen molar-refractivity contribution < 1.29 is 14.7 Å². The molecule has 0 bridgehead atoms. The van der Waals surface area contributed by atoms with Crippen molar-refractivity contribution in [1.29, 1.82) is 0 Å². The van der Waals surface area contributed by atoms with Gasteiger partial charge < -0.3 is 10.0 Å². The number of nitrogens with zero attached hydrogens (tertiary/aromatic N) is 1. The van der Waals surface area contributed by atoms with Crippen LogP contribution in [-0.4, -0.2) is 28.4 Å². The third-order valence-corrected chi connectivity index (χ3v) is 4.59. The minimum absolute atomic E-state index is 0.130. The number of fused-ring (bicyclic) bond motifs is 1. The fraction of sp³-hybridized carbons (Fsp3) is 0.263. The molecule has 124 valence electrons. The zero-order chi connectivity index (χ0) is 17.3. The van der Waals surface area contributed by atoms with Gasteiger partial charge in [-0.25, -0.2) is 0 Å². The van der Waals surface area contributed by atoms with Gasteiger partial charge in [0.1, 0.15) is 5.92 Å². The second kappa shape index (κ2) is 6.65. The number of carboxylic acids is 1. The Bertz CT molecular complexity index is 790. The molecule has 1 aliphatic heterocycles. The summed E-state index contributed by atoms with van der Waals surface area (Å²) in [4.78, 5) is 26.7. The van der Waals surface area contributed by atoms with Gasteiger partial charge in [0.15, 0.2) is 0 Å². The summed E-state index contributed by atoms with van der Waals surface area (Å²) in [6.07, 6.45) is 0.747. The fourth-order valence-electron chi connectivity index (χ4n) is 3.41. The van der Waals surface area contributed by atoms with Crippen LogP contribution in [0.4, 0.5) is 0 Å². The molecule has 0 saturated heterocycles. The predicted molar refractivity (Wildman–Crippen MR) is 92.3 cm³/mol. The van der Waals surface area contributed by atoms with E-state index in [1.165, 1.54) is 0 Å². The van der Waals surface area contributed by atoms with Gasteiger partial charge >= 0.3 is 5.97 Å². The molecule has 0 saturated carbocycles. The van der Waals surface area contributed by atoms with Crippen molar-refractivity contribution in [2.45, 2.75) is 25.3 Å². The second-order valence-corrected chi connectivity index (χ2v) is 6.34. The Labute approximate surface area is 145 Å². The maximum Gasteiger partial charge on any atom is 0.313 e. The lowest BCUT2D eigenvalue weighted by Gasteiger charge is -2.40. The largest absolute Gasteiger partial charge is 0.481 e. The van der Waals surface area contributed by atoms with Crippen molar-refractivity contribution in [2.75, 3.05) is 6.54 Å². The minimum Gasteiger partial charge on any atom is -0.481 e. The van der Waals surface area contributed by atoms with E-state index in [2.05, 4.69) is 0 Å². The van der Waals surface area contributed by atoms with E-state index >= 15 is 0 Å². The first-order valence-corrected chi connectivity index (χ1v) is 8.30. The Morgan fingerprint density at radius 1 is 1.21 bits per heavy atom. The summed E-state index contributed by atoms with van der Waals surface area (Å²) in [5, 5.41) is 10.4. The molecule has 0 radical (unpaired) electrons. The molecule has 0 fully saturated rings. The molecule has 2 aromatic rings. The highest BCUT2D eigenvalue weighted by Crippen LogP contribution is 2.43. The molecular weight excluding hydrogens is 326 g/mol. The SMILES string of the molecule is CCCN1C(=O)c2ccccc2[C@@H](C(=O)O)[C@@H]1c1cccc(Cl)c1. The van der Waals surface area contributed by atoms with E-state index in [0.717, 1.165) is 12.0 Å². The lowest BCUT2D eigenvalue weighted by molar-refractivity contribution is -0.140. The number of halogens is 1. The van der Waals surface area contributed by atoms with Gasteiger partial charge in [-0.15, -0.1) is 0 Å². The molecule has 4 nitrogen and oxygen atoms in total. The van der Waals surface area contributed by atoms with E-state index in [4.69, 9.17) is 11.6 Å². The summed E-state index contributed by atoms with van der Waals surface area (Å²) in [7, 11) is 0. The average Bonchev–Trinajstić information content (AvgIpc) is 2.57. The third-order valence-electron chi connectivity index (χ3n) is 4.36. The first-order chi connectivity index (χ1) is 11.5. The monoisotopic (exact) mass is 343 g/mol. The highest BCUT2D eigenvalue weighted by Gasteiger charge is 2.43. The van der Waals surface area contributed by atoms with Crippen molar-refractivity contribution in [3.8, 4) is 0 Å². The molecule has 2 aromatic carbocycles. The maximum absolute atomic E-state index is 12.9. The quantitative estimate of drug-likeness (QED) is 0.908. The molecule has 3 rings (SSSR count). The van der Waals surface area contributed by atoms with Gasteiger partial charge in [0.05, 0.1) is 6.04 Å². The summed E-state index contributed by atoms with van der Waals surface area (Å²) < 4.78 is 0. The van der Waals surface area contributed by atoms with Crippen molar-refractivity contribution in [3.63, 3.8) is 0 Å². The van der Waals surface area contributed by atoms with Crippen LogP contribution < -0.4 is 0 Å². The molecule has 1 aliphatic rings. The predicted octanol–water partition coefficient (Wildman–Crippen LogP) is 4.12. The summed E-state index contributed by atoms with van der Waals surface area (Å²) in [5.74, 6) is -1.89. The van der Waals surface area contributed by atoms with Crippen LogP contribution in [0.3, 0.4) is 0 Å². The standard InChI is InChI=1S/C19H18ClNO3/c1-2-10-21-17(12-6-5-7-13(20)11-12)16(19(23)24)14-8-3-4-9-15(14)18(21)22/h3-9,11,16-17H,2,10H2,1H3,(H,23,24)/t16-,17+/m1/s1. The number of amides is 1. The van der Waals surface area contributed by atoms with E-state index in [1.54, 1.807) is 47.4 Å². The molecule has 0 aliphatic carbocycles. The molecule has 0 aromatic heterocycles. The van der Waals surface area contributed by atoms with Crippen molar-refractivity contribution >= 4 is 23.5 Å². The number of hydrogen-bond acceptors (Lipinski definition) is 2. The normalized spacial score (nSPS) is 19.9. The topological polar surface area (TPSA) is 57.6 Å². The Kier molecular flexibility index (Phi) is 4.58. The van der Waals surface area contributed by atoms with E-state index in [9.17, 15) is 14.7 Å². The van der Waals surface area contributed by atoms with Crippen molar-refractivity contribution in [3.05, 3.63) is 70.2 Å². The highest BCUT2D eigenvalue weighted by molar-refractivity contribution is 6.30. The van der Waals surface area contributed by atoms with Crippen LogP contribution in [0.2, 0.25) is 5.02 Å². The fourth-order valence-corrected chi connectivity index (χ4v) is 3.61. The van der Waals surface area contributed by atoms with E-state index in [1.807, 2.05) is 13.0 Å². The van der Waals surface area contributed by atoms with Gasteiger partial charge in [-0.05, 0) is 35.7 Å². The molecule has 0 spiro atoms. The molecule has 1 amide bonds. The Morgan fingerprint density at radius 3 is 2.62 bits per heavy atom. The number of benzene rings is 2. The lowest BCUT2D eigenvalue weighted by Crippen LogP contribution is -2.45. The molecular formula is C19H18ClNO3. The van der Waals surface area contributed by atoms with Crippen LogP contribution in [0, 0.1) is 0 Å². The van der Waals surface area contributed by atoms with E-state index in [-0.39, 0.29) is 5.91 Å². The first kappa shape index (κ1) is 16.5. The summed E-state index contributed by atoms with van der Waals surface area (Å²) in [5.41, 5.74) is 1.77. The first-order valence-electron chi connectivity index (χ1n) is 7.92. The van der Waals surface area contributed by atoms with Crippen LogP contribution in [0.1, 0.15) is 46.8 Å². The van der Waals surface area contributed by atoms with E-state index in [0.29, 0.717) is 22.7 Å². The Morgan fingerprint density at radius 2 is 1.96 bits per heavy atom. The summed E-state index contributed by atoms with van der Waals surface area (Å²) in [6, 6.07) is 13.5. The minimum atomic E-state index is -0.943. The van der Waals surface area contributed by atoms with Gasteiger partial charge in [-0.1, -0.05) is 48.9 Å². The van der Waals surface area contributed by atoms with Gasteiger partial charge in [-0.2, -0.15) is 0 Å². The number of carbonyl (C=O) groups excluding carboxylic acids is 1. The summed E-state index contributed by atoms with van der Waals surface area (Å²) >= 11 is 6.10. The zero-order valence-electron chi connectivity index (χ0n) is 13.3.